The summed E-state index contributed by atoms with van der Waals surface area (Å²) in [7, 11) is 0. The quantitative estimate of drug-likeness (QED) is 0.509. The van der Waals surface area contributed by atoms with E-state index in [0.717, 1.165) is 12.4 Å². The van der Waals surface area contributed by atoms with Crippen molar-refractivity contribution in [2.45, 2.75) is 0 Å². The molecule has 0 spiro atoms. The van der Waals surface area contributed by atoms with E-state index in [-0.39, 0.29) is 0 Å². The number of nitrogens with zero attached hydrogens (tertiary/aromatic N) is 1. The molecule has 0 unspecified atom stereocenters. The molecule has 1 nitrogen and oxygen atoms in total. The van der Waals surface area contributed by atoms with Crippen LogP contribution in [-0.4, -0.2) is 4.98 Å². The summed E-state index contributed by atoms with van der Waals surface area (Å²) < 4.78 is 1.84. The molecule has 1 heterocycles. The zero-order chi connectivity index (χ0) is 6.85. The summed E-state index contributed by atoms with van der Waals surface area (Å²) >= 11 is 9.96. The van der Waals surface area contributed by atoms with Gasteiger partial charge in [-0.2, -0.15) is 0 Å². The Morgan fingerprint density at radius 1 is 1.33 bits per heavy atom. The average molecular weight is 365 g/mol. The lowest BCUT2D eigenvalue weighted by atomic mass is 10.5. The van der Waals surface area contributed by atoms with Gasteiger partial charge in [0.1, 0.15) is 7.40 Å². The maximum Gasteiger partial charge on any atom is 0.121 e. The minimum absolute atomic E-state index is 0.719. The Balaban J connectivity index is 3.17. The third-order valence-corrected chi connectivity index (χ3v) is 2.82. The monoisotopic (exact) mass is 365 g/mol. The predicted octanol–water partition coefficient (Wildman–Crippen LogP) is 2.94. The van der Waals surface area contributed by atoms with E-state index in [0.29, 0.717) is 0 Å². The second-order valence-corrected chi connectivity index (χ2v) is 3.94. The van der Waals surface area contributed by atoms with E-state index in [9.17, 15) is 0 Å². The Kier molecular flexibility index (Phi) is 2.97. The number of aromatic nitrogens is 1. The molecule has 0 atom stereocenters. The SMILES string of the molecule is Clc1ccc(I)nc1I. The molecule has 0 saturated carbocycles. The van der Waals surface area contributed by atoms with Crippen molar-refractivity contribution in [1.82, 2.24) is 4.98 Å². The molecule has 0 aliphatic heterocycles. The van der Waals surface area contributed by atoms with Crippen LogP contribution in [-0.2, 0) is 0 Å². The van der Waals surface area contributed by atoms with Crippen LogP contribution in [0.4, 0.5) is 0 Å². The lowest BCUT2D eigenvalue weighted by Gasteiger charge is -1.92. The van der Waals surface area contributed by atoms with E-state index in [4.69, 9.17) is 11.6 Å². The predicted molar refractivity (Wildman–Crippen MR) is 54.7 cm³/mol. The van der Waals surface area contributed by atoms with E-state index < -0.39 is 0 Å². The van der Waals surface area contributed by atoms with Gasteiger partial charge in [0.25, 0.3) is 0 Å². The average Bonchev–Trinajstić information content (AvgIpc) is 1.80. The van der Waals surface area contributed by atoms with Gasteiger partial charge in [0.05, 0.1) is 5.02 Å². The van der Waals surface area contributed by atoms with Crippen molar-refractivity contribution >= 4 is 56.8 Å². The first-order chi connectivity index (χ1) is 4.20. The molecule has 1 aromatic heterocycles. The summed E-state index contributed by atoms with van der Waals surface area (Å²) in [6.07, 6.45) is 0. The van der Waals surface area contributed by atoms with E-state index in [1.807, 2.05) is 12.1 Å². The summed E-state index contributed by atoms with van der Waals surface area (Å²) in [6, 6.07) is 3.73. The van der Waals surface area contributed by atoms with E-state index in [1.165, 1.54) is 0 Å². The molecule has 1 aromatic rings. The normalized spacial score (nSPS) is 9.67. The molecule has 0 amide bonds. The molecule has 4 heteroatoms. The van der Waals surface area contributed by atoms with Crippen LogP contribution < -0.4 is 0 Å². The van der Waals surface area contributed by atoms with Gasteiger partial charge in [0.15, 0.2) is 0 Å². The maximum atomic E-state index is 5.71. The Bertz CT molecular complexity index is 226. The van der Waals surface area contributed by atoms with E-state index >= 15 is 0 Å². The first-order valence-corrected chi connectivity index (χ1v) is 4.71. The fourth-order valence-electron chi connectivity index (χ4n) is 0.395. The van der Waals surface area contributed by atoms with Crippen LogP contribution in [0, 0.1) is 7.40 Å². The zero-order valence-electron chi connectivity index (χ0n) is 4.24. The molecule has 0 fully saturated rings. The van der Waals surface area contributed by atoms with Crippen molar-refractivity contribution in [2.75, 3.05) is 0 Å². The van der Waals surface area contributed by atoms with Crippen LogP contribution in [0.3, 0.4) is 0 Å². The minimum atomic E-state index is 0.719. The van der Waals surface area contributed by atoms with Crippen molar-refractivity contribution in [3.05, 3.63) is 24.6 Å². The highest BCUT2D eigenvalue weighted by Gasteiger charge is 1.95. The van der Waals surface area contributed by atoms with Crippen LogP contribution in [0.5, 0.6) is 0 Å². The van der Waals surface area contributed by atoms with Crippen LogP contribution in [0.1, 0.15) is 0 Å². The second-order valence-electron chi connectivity index (χ2n) is 1.41. The molecule has 0 aliphatic carbocycles. The molecule has 1 rings (SSSR count). The fourth-order valence-corrected chi connectivity index (χ4v) is 1.82. The number of halogens is 3. The second kappa shape index (κ2) is 3.34. The van der Waals surface area contributed by atoms with Gasteiger partial charge in [-0.3, -0.25) is 0 Å². The molecular formula is C5H2ClI2N. The van der Waals surface area contributed by atoms with Gasteiger partial charge in [-0.15, -0.1) is 0 Å². The highest BCUT2D eigenvalue weighted by atomic mass is 127. The van der Waals surface area contributed by atoms with Crippen LogP contribution in [0.2, 0.25) is 5.02 Å². The number of hydrogen-bond acceptors (Lipinski definition) is 1. The summed E-state index contributed by atoms with van der Waals surface area (Å²) in [5.41, 5.74) is 0. The van der Waals surface area contributed by atoms with E-state index in [2.05, 4.69) is 50.2 Å². The zero-order valence-corrected chi connectivity index (χ0v) is 9.31. The molecule has 0 aliphatic rings. The van der Waals surface area contributed by atoms with Gasteiger partial charge in [0, 0.05) is 0 Å². The van der Waals surface area contributed by atoms with Crippen LogP contribution in [0.15, 0.2) is 12.1 Å². The van der Waals surface area contributed by atoms with Crippen molar-refractivity contribution in [1.29, 1.82) is 0 Å². The topological polar surface area (TPSA) is 12.9 Å². The summed E-state index contributed by atoms with van der Waals surface area (Å²) in [5.74, 6) is 0. The Hall–Kier alpha value is 0.900. The molecule has 48 valence electrons. The minimum Gasteiger partial charge on any atom is -0.234 e. The van der Waals surface area contributed by atoms with Crippen molar-refractivity contribution < 1.29 is 0 Å². The first-order valence-electron chi connectivity index (χ1n) is 2.17. The maximum absolute atomic E-state index is 5.71. The van der Waals surface area contributed by atoms with Crippen molar-refractivity contribution in [2.24, 2.45) is 0 Å². The molecule has 0 N–H and O–H groups in total. The number of pyridine rings is 1. The van der Waals surface area contributed by atoms with Crippen molar-refractivity contribution in [3.8, 4) is 0 Å². The summed E-state index contributed by atoms with van der Waals surface area (Å²) in [6.45, 7) is 0. The first kappa shape index (κ1) is 8.00. The Morgan fingerprint density at radius 2 is 2.00 bits per heavy atom. The highest BCUT2D eigenvalue weighted by Crippen LogP contribution is 2.16. The third kappa shape index (κ3) is 2.19. The van der Waals surface area contributed by atoms with Gasteiger partial charge in [-0.1, -0.05) is 11.6 Å². The molecule has 9 heavy (non-hydrogen) atoms. The number of hydrogen-bond donors (Lipinski definition) is 0. The molecule has 0 saturated heterocycles. The van der Waals surface area contributed by atoms with Gasteiger partial charge < -0.3 is 0 Å². The largest absolute Gasteiger partial charge is 0.234 e. The standard InChI is InChI=1S/C5H2ClI2N/c6-3-1-2-4(7)9-5(3)8/h1-2H. The lowest BCUT2D eigenvalue weighted by molar-refractivity contribution is 1.22. The van der Waals surface area contributed by atoms with Gasteiger partial charge in [-0.25, -0.2) is 4.98 Å². The third-order valence-electron chi connectivity index (χ3n) is 0.769. The fraction of sp³-hybridized carbons (Fsp3) is 0. The lowest BCUT2D eigenvalue weighted by Crippen LogP contribution is -1.83. The van der Waals surface area contributed by atoms with E-state index in [1.54, 1.807) is 0 Å². The highest BCUT2D eigenvalue weighted by molar-refractivity contribution is 14.1. The molecule has 0 bridgehead atoms. The van der Waals surface area contributed by atoms with Gasteiger partial charge in [-0.05, 0) is 57.3 Å². The summed E-state index contributed by atoms with van der Waals surface area (Å²) in [5, 5.41) is 0.719. The Labute approximate surface area is 85.5 Å². The van der Waals surface area contributed by atoms with Gasteiger partial charge in [0.2, 0.25) is 0 Å². The molecular weight excluding hydrogens is 363 g/mol. The summed E-state index contributed by atoms with van der Waals surface area (Å²) in [4.78, 5) is 4.11. The molecule has 0 aromatic carbocycles. The number of rotatable bonds is 0. The molecule has 0 radical (unpaired) electrons. The van der Waals surface area contributed by atoms with Gasteiger partial charge >= 0.3 is 0 Å². The van der Waals surface area contributed by atoms with Crippen LogP contribution >= 0.6 is 56.8 Å². The van der Waals surface area contributed by atoms with Crippen LogP contribution in [0.25, 0.3) is 0 Å². The smallest absolute Gasteiger partial charge is 0.121 e. The van der Waals surface area contributed by atoms with Crippen molar-refractivity contribution in [3.63, 3.8) is 0 Å². The Morgan fingerprint density at radius 3 is 2.44 bits per heavy atom.